The van der Waals surface area contributed by atoms with E-state index < -0.39 is 20.6 Å². The van der Waals surface area contributed by atoms with Gasteiger partial charge in [0.15, 0.2) is 4.90 Å². The van der Waals surface area contributed by atoms with Crippen molar-refractivity contribution in [1.82, 2.24) is 4.72 Å². The minimum atomic E-state index is -3.97. The van der Waals surface area contributed by atoms with E-state index in [2.05, 4.69) is 11.6 Å². The van der Waals surface area contributed by atoms with Crippen molar-refractivity contribution in [3.63, 3.8) is 0 Å². The Hall–Kier alpha value is -1.67. The number of anilines is 1. The normalized spacial score (nSPS) is 25.9. The molecule has 1 aromatic rings. The molecule has 0 aliphatic heterocycles. The fourth-order valence-electron chi connectivity index (χ4n) is 2.75. The van der Waals surface area contributed by atoms with Crippen LogP contribution in [-0.4, -0.2) is 19.4 Å². The SMILES string of the molecule is CC1CCC(NS(=O)(=O)c2cccc(N)c2[N+](=O)[O-])C1C. The summed E-state index contributed by atoms with van der Waals surface area (Å²) in [6.45, 7) is 4.06. The maximum Gasteiger partial charge on any atom is 0.312 e. The van der Waals surface area contributed by atoms with E-state index in [1.165, 1.54) is 18.2 Å². The number of benzene rings is 1. The predicted molar refractivity (Wildman–Crippen MR) is 79.2 cm³/mol. The first-order valence-electron chi connectivity index (χ1n) is 6.79. The molecule has 21 heavy (non-hydrogen) atoms. The highest BCUT2D eigenvalue weighted by Crippen LogP contribution is 2.34. The van der Waals surface area contributed by atoms with Crippen molar-refractivity contribution in [3.8, 4) is 0 Å². The minimum Gasteiger partial charge on any atom is -0.393 e. The van der Waals surface area contributed by atoms with Crippen molar-refractivity contribution in [1.29, 1.82) is 0 Å². The fourth-order valence-corrected chi connectivity index (χ4v) is 4.31. The Labute approximate surface area is 123 Å². The van der Waals surface area contributed by atoms with Crippen LogP contribution in [0.2, 0.25) is 0 Å². The van der Waals surface area contributed by atoms with Gasteiger partial charge in [-0.3, -0.25) is 10.1 Å². The van der Waals surface area contributed by atoms with Gasteiger partial charge in [0.05, 0.1) is 4.92 Å². The number of nitro groups is 1. The van der Waals surface area contributed by atoms with E-state index in [1.54, 1.807) is 0 Å². The summed E-state index contributed by atoms with van der Waals surface area (Å²) in [5.41, 5.74) is 4.82. The van der Waals surface area contributed by atoms with E-state index in [1.807, 2.05) is 6.92 Å². The molecule has 1 aromatic carbocycles. The predicted octanol–water partition coefficient (Wildman–Crippen LogP) is 1.89. The topological polar surface area (TPSA) is 115 Å². The van der Waals surface area contributed by atoms with Crippen LogP contribution in [0.25, 0.3) is 0 Å². The average molecular weight is 313 g/mol. The molecule has 1 aliphatic rings. The molecule has 0 amide bonds. The first-order valence-corrected chi connectivity index (χ1v) is 8.27. The van der Waals surface area contributed by atoms with Gasteiger partial charge in [-0.05, 0) is 36.8 Å². The van der Waals surface area contributed by atoms with Crippen molar-refractivity contribution in [2.45, 2.75) is 37.6 Å². The van der Waals surface area contributed by atoms with E-state index in [0.29, 0.717) is 5.92 Å². The molecule has 0 heterocycles. The smallest absolute Gasteiger partial charge is 0.312 e. The van der Waals surface area contributed by atoms with Crippen LogP contribution in [0.5, 0.6) is 0 Å². The van der Waals surface area contributed by atoms with Crippen molar-refractivity contribution < 1.29 is 13.3 Å². The molecule has 3 unspecified atom stereocenters. The third kappa shape index (κ3) is 3.01. The van der Waals surface area contributed by atoms with E-state index in [-0.39, 0.29) is 22.5 Å². The Balaban J connectivity index is 2.37. The zero-order chi connectivity index (χ0) is 15.8. The third-order valence-corrected chi connectivity index (χ3v) is 5.80. The van der Waals surface area contributed by atoms with E-state index in [0.717, 1.165) is 12.8 Å². The Bertz CT molecular complexity index is 659. The van der Waals surface area contributed by atoms with Crippen LogP contribution < -0.4 is 10.5 Å². The number of para-hydroxylation sites is 1. The molecule has 116 valence electrons. The minimum absolute atomic E-state index is 0.157. The summed E-state index contributed by atoms with van der Waals surface area (Å²) < 4.78 is 27.5. The van der Waals surface area contributed by atoms with Crippen molar-refractivity contribution >= 4 is 21.4 Å². The number of rotatable bonds is 4. The highest BCUT2D eigenvalue weighted by Gasteiger charge is 2.35. The van der Waals surface area contributed by atoms with Gasteiger partial charge >= 0.3 is 5.69 Å². The number of sulfonamides is 1. The number of hydrogen-bond acceptors (Lipinski definition) is 5. The lowest BCUT2D eigenvalue weighted by atomic mass is 9.98. The van der Waals surface area contributed by atoms with Crippen LogP contribution in [0.4, 0.5) is 11.4 Å². The number of nitrogens with zero attached hydrogens (tertiary/aromatic N) is 1. The fraction of sp³-hybridized carbons (Fsp3) is 0.538. The third-order valence-electron chi connectivity index (χ3n) is 4.27. The molecule has 2 rings (SSSR count). The maximum atomic E-state index is 12.4. The molecule has 0 radical (unpaired) electrons. The summed E-state index contributed by atoms with van der Waals surface area (Å²) in [4.78, 5) is 9.94. The highest BCUT2D eigenvalue weighted by atomic mass is 32.2. The average Bonchev–Trinajstić information content (AvgIpc) is 2.69. The Morgan fingerprint density at radius 3 is 2.52 bits per heavy atom. The number of nitrogen functional groups attached to an aromatic ring is 1. The van der Waals surface area contributed by atoms with Crippen molar-refractivity contribution in [2.75, 3.05) is 5.73 Å². The van der Waals surface area contributed by atoms with Gasteiger partial charge in [0.2, 0.25) is 10.0 Å². The molecule has 7 nitrogen and oxygen atoms in total. The van der Waals surface area contributed by atoms with Crippen LogP contribution in [0.15, 0.2) is 23.1 Å². The van der Waals surface area contributed by atoms with Crippen LogP contribution in [-0.2, 0) is 10.0 Å². The summed E-state index contributed by atoms with van der Waals surface area (Å²) in [7, 11) is -3.97. The van der Waals surface area contributed by atoms with Gasteiger partial charge in [-0.2, -0.15) is 0 Å². The summed E-state index contributed by atoms with van der Waals surface area (Å²) >= 11 is 0. The Morgan fingerprint density at radius 2 is 2.00 bits per heavy atom. The monoisotopic (exact) mass is 313 g/mol. The van der Waals surface area contributed by atoms with Gasteiger partial charge in [-0.1, -0.05) is 19.9 Å². The first kappa shape index (κ1) is 15.7. The highest BCUT2D eigenvalue weighted by molar-refractivity contribution is 7.89. The van der Waals surface area contributed by atoms with Crippen LogP contribution in [0.1, 0.15) is 26.7 Å². The molecule has 3 atom stereocenters. The molecular weight excluding hydrogens is 294 g/mol. The molecule has 1 fully saturated rings. The van der Waals surface area contributed by atoms with Crippen LogP contribution in [0, 0.1) is 22.0 Å². The molecule has 1 saturated carbocycles. The Kier molecular flexibility index (Phi) is 4.20. The molecule has 0 spiro atoms. The van der Waals surface area contributed by atoms with Gasteiger partial charge in [-0.15, -0.1) is 0 Å². The standard InChI is InChI=1S/C13H19N3O4S/c1-8-6-7-11(9(8)2)15-21(19,20)12-5-3-4-10(14)13(12)16(17)18/h3-5,8-9,11,15H,6-7,14H2,1-2H3. The molecule has 1 aliphatic carbocycles. The summed E-state index contributed by atoms with van der Waals surface area (Å²) in [6.07, 6.45) is 1.67. The second-order valence-electron chi connectivity index (χ2n) is 5.59. The van der Waals surface area contributed by atoms with Crippen molar-refractivity contribution in [2.24, 2.45) is 11.8 Å². The number of nitrogens with one attached hydrogen (secondary N) is 1. The number of nitrogens with two attached hydrogens (primary N) is 1. The molecule has 3 N–H and O–H groups in total. The molecule has 0 saturated heterocycles. The van der Waals surface area contributed by atoms with Gasteiger partial charge in [0.1, 0.15) is 5.69 Å². The molecule has 0 bridgehead atoms. The second kappa shape index (κ2) is 5.61. The number of nitro benzene ring substituents is 1. The van der Waals surface area contributed by atoms with Crippen LogP contribution in [0.3, 0.4) is 0 Å². The zero-order valence-corrected chi connectivity index (χ0v) is 12.8. The lowest BCUT2D eigenvalue weighted by Crippen LogP contribution is -2.37. The quantitative estimate of drug-likeness (QED) is 0.500. The van der Waals surface area contributed by atoms with E-state index in [4.69, 9.17) is 5.73 Å². The Morgan fingerprint density at radius 1 is 1.33 bits per heavy atom. The second-order valence-corrected chi connectivity index (χ2v) is 7.28. The van der Waals surface area contributed by atoms with Gasteiger partial charge in [0, 0.05) is 6.04 Å². The molecule has 0 aromatic heterocycles. The lowest BCUT2D eigenvalue weighted by molar-refractivity contribution is -0.386. The van der Waals surface area contributed by atoms with Crippen LogP contribution >= 0.6 is 0 Å². The van der Waals surface area contributed by atoms with Gasteiger partial charge < -0.3 is 5.73 Å². The van der Waals surface area contributed by atoms with E-state index >= 15 is 0 Å². The van der Waals surface area contributed by atoms with E-state index in [9.17, 15) is 18.5 Å². The lowest BCUT2D eigenvalue weighted by Gasteiger charge is -2.19. The van der Waals surface area contributed by atoms with Gasteiger partial charge in [-0.25, -0.2) is 13.1 Å². The van der Waals surface area contributed by atoms with Gasteiger partial charge in [0.25, 0.3) is 0 Å². The summed E-state index contributed by atoms with van der Waals surface area (Å²) in [5, 5.41) is 11.1. The first-order chi connectivity index (χ1) is 9.74. The number of hydrogen-bond donors (Lipinski definition) is 2. The summed E-state index contributed by atoms with van der Waals surface area (Å²) in [5.74, 6) is 0.619. The van der Waals surface area contributed by atoms with Crippen molar-refractivity contribution in [3.05, 3.63) is 28.3 Å². The maximum absolute atomic E-state index is 12.4. The molecular formula is C13H19N3O4S. The largest absolute Gasteiger partial charge is 0.393 e. The zero-order valence-electron chi connectivity index (χ0n) is 11.9. The molecule has 8 heteroatoms. The summed E-state index contributed by atoms with van der Waals surface area (Å²) in [6, 6.07) is 3.72.